The second-order valence-electron chi connectivity index (χ2n) is 5.15. The van der Waals surface area contributed by atoms with Crippen molar-refractivity contribution in [1.29, 1.82) is 0 Å². The van der Waals surface area contributed by atoms with Crippen LogP contribution < -0.4 is 15.2 Å². The van der Waals surface area contributed by atoms with Gasteiger partial charge in [0.05, 0.1) is 19.3 Å². The summed E-state index contributed by atoms with van der Waals surface area (Å²) in [6.07, 6.45) is 3.40. The number of fused-ring (bicyclic) bond motifs is 1. The molecule has 1 aromatic carbocycles. The average molecular weight is 263 g/mol. The summed E-state index contributed by atoms with van der Waals surface area (Å²) in [5.74, 6) is 1.93. The largest absolute Gasteiger partial charge is 0.490 e. The van der Waals surface area contributed by atoms with Crippen LogP contribution in [-0.2, 0) is 4.74 Å². The lowest BCUT2D eigenvalue weighted by Gasteiger charge is -2.22. The van der Waals surface area contributed by atoms with Gasteiger partial charge < -0.3 is 19.9 Å². The van der Waals surface area contributed by atoms with Gasteiger partial charge in [-0.3, -0.25) is 0 Å². The van der Waals surface area contributed by atoms with Crippen molar-refractivity contribution >= 4 is 0 Å². The number of rotatable bonds is 3. The van der Waals surface area contributed by atoms with Crippen LogP contribution >= 0.6 is 0 Å². The molecule has 2 N–H and O–H groups in total. The summed E-state index contributed by atoms with van der Waals surface area (Å²) in [6, 6.07) is 6.15. The van der Waals surface area contributed by atoms with Crippen LogP contribution in [0, 0.1) is 0 Å². The average Bonchev–Trinajstić information content (AvgIpc) is 2.85. The van der Waals surface area contributed by atoms with E-state index in [4.69, 9.17) is 19.9 Å². The Bertz CT molecular complexity index is 429. The Morgan fingerprint density at radius 3 is 2.68 bits per heavy atom. The predicted molar refractivity (Wildman–Crippen MR) is 72.8 cm³/mol. The normalized spacial score (nSPS) is 23.9. The van der Waals surface area contributed by atoms with Gasteiger partial charge in [-0.2, -0.15) is 0 Å². The highest BCUT2D eigenvalue weighted by atomic mass is 16.5. The molecule has 19 heavy (non-hydrogen) atoms. The molecular weight excluding hydrogens is 242 g/mol. The van der Waals surface area contributed by atoms with Crippen LogP contribution in [0.3, 0.4) is 0 Å². The molecule has 0 bridgehead atoms. The fourth-order valence-corrected chi connectivity index (χ4v) is 2.83. The molecule has 2 unspecified atom stereocenters. The molecule has 4 nitrogen and oxygen atoms in total. The van der Waals surface area contributed by atoms with Crippen molar-refractivity contribution in [2.45, 2.75) is 31.3 Å². The summed E-state index contributed by atoms with van der Waals surface area (Å²) in [5, 5.41) is 0. The Kier molecular flexibility index (Phi) is 3.89. The molecule has 0 spiro atoms. The molecule has 0 amide bonds. The topological polar surface area (TPSA) is 53.7 Å². The minimum atomic E-state index is 0.245. The van der Waals surface area contributed by atoms with Crippen LogP contribution in [0.25, 0.3) is 0 Å². The molecule has 1 saturated heterocycles. The van der Waals surface area contributed by atoms with Crippen molar-refractivity contribution in [1.82, 2.24) is 0 Å². The summed E-state index contributed by atoms with van der Waals surface area (Å²) in [5.41, 5.74) is 7.13. The number of hydrogen-bond acceptors (Lipinski definition) is 4. The van der Waals surface area contributed by atoms with Crippen molar-refractivity contribution in [2.24, 2.45) is 5.73 Å². The predicted octanol–water partition coefficient (Wildman–Crippen LogP) is 2.07. The van der Waals surface area contributed by atoms with Gasteiger partial charge in [0, 0.05) is 25.5 Å². The standard InChI is InChI=1S/C15H21NO3/c16-10-12(13-3-1-6-17-13)11-4-5-14-15(9-11)19-8-2-7-18-14/h4-5,9,12-13H,1-3,6-8,10,16H2. The van der Waals surface area contributed by atoms with Gasteiger partial charge in [-0.1, -0.05) is 6.07 Å². The van der Waals surface area contributed by atoms with E-state index in [0.717, 1.165) is 44.0 Å². The molecule has 1 aromatic rings. The number of nitrogens with two attached hydrogens (primary N) is 1. The van der Waals surface area contributed by atoms with Crippen molar-refractivity contribution in [3.05, 3.63) is 23.8 Å². The lowest BCUT2D eigenvalue weighted by atomic mass is 9.91. The third-order valence-corrected chi connectivity index (χ3v) is 3.87. The molecule has 3 rings (SSSR count). The third-order valence-electron chi connectivity index (χ3n) is 3.87. The van der Waals surface area contributed by atoms with Crippen molar-refractivity contribution in [3.63, 3.8) is 0 Å². The van der Waals surface area contributed by atoms with E-state index in [0.29, 0.717) is 13.2 Å². The van der Waals surface area contributed by atoms with Gasteiger partial charge >= 0.3 is 0 Å². The molecule has 2 aliphatic rings. The third kappa shape index (κ3) is 2.69. The fraction of sp³-hybridized carbons (Fsp3) is 0.600. The minimum absolute atomic E-state index is 0.245. The second kappa shape index (κ2) is 5.80. The molecule has 0 radical (unpaired) electrons. The van der Waals surface area contributed by atoms with Crippen molar-refractivity contribution in [3.8, 4) is 11.5 Å². The molecule has 2 atom stereocenters. The van der Waals surface area contributed by atoms with Crippen molar-refractivity contribution in [2.75, 3.05) is 26.4 Å². The lowest BCUT2D eigenvalue weighted by molar-refractivity contribution is 0.0904. The number of benzene rings is 1. The zero-order valence-corrected chi connectivity index (χ0v) is 11.1. The van der Waals surface area contributed by atoms with Gasteiger partial charge in [-0.25, -0.2) is 0 Å². The maximum atomic E-state index is 5.94. The van der Waals surface area contributed by atoms with E-state index in [2.05, 4.69) is 12.1 Å². The van der Waals surface area contributed by atoms with Crippen LogP contribution in [0.2, 0.25) is 0 Å². The lowest BCUT2D eigenvalue weighted by Crippen LogP contribution is -2.25. The molecule has 0 saturated carbocycles. The number of ether oxygens (including phenoxy) is 3. The molecule has 0 aromatic heterocycles. The first-order chi connectivity index (χ1) is 9.38. The van der Waals surface area contributed by atoms with Gasteiger partial charge in [-0.15, -0.1) is 0 Å². The van der Waals surface area contributed by atoms with E-state index in [-0.39, 0.29) is 12.0 Å². The van der Waals surface area contributed by atoms with Crippen molar-refractivity contribution < 1.29 is 14.2 Å². The van der Waals surface area contributed by atoms with Crippen LogP contribution in [0.15, 0.2) is 18.2 Å². The smallest absolute Gasteiger partial charge is 0.161 e. The van der Waals surface area contributed by atoms with Gasteiger partial charge in [0.15, 0.2) is 11.5 Å². The summed E-state index contributed by atoms with van der Waals surface area (Å²) in [4.78, 5) is 0. The first kappa shape index (κ1) is 12.8. The second-order valence-corrected chi connectivity index (χ2v) is 5.15. The molecular formula is C15H21NO3. The first-order valence-corrected chi connectivity index (χ1v) is 7.09. The molecule has 2 heterocycles. The van der Waals surface area contributed by atoms with E-state index >= 15 is 0 Å². The highest BCUT2D eigenvalue weighted by molar-refractivity contribution is 5.44. The summed E-state index contributed by atoms with van der Waals surface area (Å²) >= 11 is 0. The summed E-state index contributed by atoms with van der Waals surface area (Å²) < 4.78 is 17.2. The maximum absolute atomic E-state index is 5.94. The summed E-state index contributed by atoms with van der Waals surface area (Å²) in [7, 11) is 0. The van der Waals surface area contributed by atoms with E-state index in [1.165, 1.54) is 5.56 Å². The monoisotopic (exact) mass is 263 g/mol. The Hall–Kier alpha value is -1.26. The molecule has 0 aliphatic carbocycles. The highest BCUT2D eigenvalue weighted by Gasteiger charge is 2.27. The van der Waals surface area contributed by atoms with E-state index in [1.54, 1.807) is 0 Å². The van der Waals surface area contributed by atoms with Gasteiger partial charge in [0.1, 0.15) is 0 Å². The van der Waals surface area contributed by atoms with Crippen LogP contribution in [0.4, 0.5) is 0 Å². The zero-order chi connectivity index (χ0) is 13.1. The Balaban J connectivity index is 1.85. The molecule has 104 valence electrons. The first-order valence-electron chi connectivity index (χ1n) is 7.09. The van der Waals surface area contributed by atoms with Gasteiger partial charge in [0.25, 0.3) is 0 Å². The quantitative estimate of drug-likeness (QED) is 0.907. The Labute approximate surface area is 113 Å². The number of hydrogen-bond donors (Lipinski definition) is 1. The van der Waals surface area contributed by atoms with Crippen LogP contribution in [0.5, 0.6) is 11.5 Å². The van der Waals surface area contributed by atoms with E-state index in [9.17, 15) is 0 Å². The summed E-state index contributed by atoms with van der Waals surface area (Å²) in [6.45, 7) is 2.89. The molecule has 4 heteroatoms. The van der Waals surface area contributed by atoms with Gasteiger partial charge in [-0.05, 0) is 30.5 Å². The fourth-order valence-electron chi connectivity index (χ4n) is 2.83. The highest BCUT2D eigenvalue weighted by Crippen LogP contribution is 2.35. The Morgan fingerprint density at radius 1 is 1.11 bits per heavy atom. The maximum Gasteiger partial charge on any atom is 0.161 e. The van der Waals surface area contributed by atoms with E-state index < -0.39 is 0 Å². The van der Waals surface area contributed by atoms with Gasteiger partial charge in [0.2, 0.25) is 0 Å². The molecule has 2 aliphatic heterocycles. The van der Waals surface area contributed by atoms with E-state index in [1.807, 2.05) is 6.07 Å². The minimum Gasteiger partial charge on any atom is -0.490 e. The Morgan fingerprint density at radius 2 is 1.95 bits per heavy atom. The molecule has 1 fully saturated rings. The SMILES string of the molecule is NCC(c1ccc2c(c1)OCCCO2)C1CCCO1. The zero-order valence-electron chi connectivity index (χ0n) is 11.1. The van der Waals surface area contributed by atoms with Crippen LogP contribution in [0.1, 0.15) is 30.7 Å². The van der Waals surface area contributed by atoms with Crippen LogP contribution in [-0.4, -0.2) is 32.5 Å².